The van der Waals surface area contributed by atoms with Gasteiger partial charge in [-0.3, -0.25) is 9.69 Å². The fourth-order valence-electron chi connectivity index (χ4n) is 4.96. The van der Waals surface area contributed by atoms with E-state index in [9.17, 15) is 15.0 Å². The van der Waals surface area contributed by atoms with E-state index in [1.54, 1.807) is 6.07 Å². The first kappa shape index (κ1) is 14.4. The molecule has 2 N–H and O–H groups in total. The van der Waals surface area contributed by atoms with Crippen LogP contribution in [0.2, 0.25) is 0 Å². The first-order valence-electron chi connectivity index (χ1n) is 8.36. The Labute approximate surface area is 130 Å². The maximum Gasteiger partial charge on any atom is 0.250 e. The summed E-state index contributed by atoms with van der Waals surface area (Å²) in [4.78, 5) is 14.6. The van der Waals surface area contributed by atoms with Gasteiger partial charge in [-0.25, -0.2) is 0 Å². The molecule has 2 fully saturated rings. The van der Waals surface area contributed by atoms with E-state index in [0.717, 1.165) is 31.6 Å². The monoisotopic (exact) mass is 304 g/mol. The zero-order valence-corrected chi connectivity index (χ0v) is 12.9. The molecule has 0 amide bonds. The average molecular weight is 304 g/mol. The van der Waals surface area contributed by atoms with Crippen molar-refractivity contribution in [3.05, 3.63) is 34.2 Å². The highest BCUT2D eigenvalue weighted by Gasteiger charge is 2.47. The van der Waals surface area contributed by atoms with Gasteiger partial charge in [-0.05, 0) is 38.2 Å². The van der Waals surface area contributed by atoms with Crippen molar-refractivity contribution in [2.24, 2.45) is 5.92 Å². The van der Waals surface area contributed by atoms with Crippen molar-refractivity contribution in [3.63, 3.8) is 0 Å². The van der Waals surface area contributed by atoms with Crippen molar-refractivity contribution in [1.29, 1.82) is 0 Å². The van der Waals surface area contributed by atoms with Crippen molar-refractivity contribution in [2.45, 2.75) is 62.9 Å². The number of hydrogen-bond acceptors (Lipinski definition) is 4. The van der Waals surface area contributed by atoms with Crippen molar-refractivity contribution in [1.82, 2.24) is 9.47 Å². The predicted molar refractivity (Wildman–Crippen MR) is 82.8 cm³/mol. The molecule has 0 aliphatic carbocycles. The third kappa shape index (κ3) is 2.14. The van der Waals surface area contributed by atoms with Crippen molar-refractivity contribution >= 4 is 0 Å². The van der Waals surface area contributed by atoms with Crippen LogP contribution in [-0.2, 0) is 6.54 Å². The molecule has 0 spiro atoms. The second-order valence-corrected chi connectivity index (χ2v) is 7.29. The lowest BCUT2D eigenvalue weighted by Crippen LogP contribution is -2.62. The van der Waals surface area contributed by atoms with Gasteiger partial charge < -0.3 is 14.8 Å². The van der Waals surface area contributed by atoms with Crippen LogP contribution in [0, 0.1) is 5.92 Å². The third-order valence-corrected chi connectivity index (χ3v) is 5.92. The van der Waals surface area contributed by atoms with Crippen LogP contribution in [0.4, 0.5) is 0 Å². The number of aliphatic hydroxyl groups is 2. The molecule has 5 nitrogen and oxygen atoms in total. The number of aromatic nitrogens is 1. The second-order valence-electron chi connectivity index (χ2n) is 7.29. The average Bonchev–Trinajstić information content (AvgIpc) is 2.48. The van der Waals surface area contributed by atoms with Crippen LogP contribution >= 0.6 is 0 Å². The number of fused-ring (bicyclic) bond motifs is 6. The fraction of sp³-hybridized carbons (Fsp3) is 0.706. The normalized spacial score (nSPS) is 39.0. The number of rotatable bonds is 1. The van der Waals surface area contributed by atoms with Gasteiger partial charge in [-0.15, -0.1) is 0 Å². The smallest absolute Gasteiger partial charge is 0.250 e. The van der Waals surface area contributed by atoms with Gasteiger partial charge in [0, 0.05) is 42.9 Å². The molecule has 2 saturated heterocycles. The molecule has 4 heterocycles. The van der Waals surface area contributed by atoms with Gasteiger partial charge in [0.1, 0.15) is 0 Å². The molecule has 0 unspecified atom stereocenters. The van der Waals surface area contributed by atoms with Gasteiger partial charge in [0.2, 0.25) is 0 Å². The van der Waals surface area contributed by atoms with Crippen LogP contribution in [0.3, 0.4) is 0 Å². The number of nitrogens with zero attached hydrogens (tertiary/aromatic N) is 2. The van der Waals surface area contributed by atoms with Crippen LogP contribution in [0.5, 0.6) is 0 Å². The Bertz CT molecular complexity index is 627. The van der Waals surface area contributed by atoms with Gasteiger partial charge >= 0.3 is 0 Å². The first-order chi connectivity index (χ1) is 10.5. The van der Waals surface area contributed by atoms with Gasteiger partial charge in [-0.1, -0.05) is 6.07 Å². The summed E-state index contributed by atoms with van der Waals surface area (Å²) in [5.74, 6) is 0.753. The lowest BCUT2D eigenvalue weighted by atomic mass is 9.73. The molecular formula is C17H24N2O3. The maximum absolute atomic E-state index is 12.2. The fourth-order valence-corrected chi connectivity index (χ4v) is 4.96. The quantitative estimate of drug-likeness (QED) is 0.795. The molecule has 0 aromatic carbocycles. The summed E-state index contributed by atoms with van der Waals surface area (Å²) < 4.78 is 1.93. The molecule has 3 aliphatic heterocycles. The zero-order valence-electron chi connectivity index (χ0n) is 12.9. The molecule has 5 heteroatoms. The summed E-state index contributed by atoms with van der Waals surface area (Å²) in [6, 6.07) is 5.86. The summed E-state index contributed by atoms with van der Waals surface area (Å²) in [6.07, 6.45) is 1.72. The number of aliphatic hydroxyl groups excluding tert-OH is 2. The number of pyridine rings is 1. The minimum Gasteiger partial charge on any atom is -0.393 e. The highest BCUT2D eigenvalue weighted by molar-refractivity contribution is 5.19. The standard InChI is InChI=1S/C17H24N2O3/c1-10(20)15-6-13(21)7-16-12-5-11(8-18(15)16)14-3-2-4-17(22)19(14)9-12/h2-4,10-13,15-16,20-21H,5-9H2,1H3/t10-,11+,12-,13+,15+,16-/m1/s1. The molecule has 22 heavy (non-hydrogen) atoms. The summed E-state index contributed by atoms with van der Waals surface area (Å²) >= 11 is 0. The van der Waals surface area contributed by atoms with E-state index in [2.05, 4.69) is 11.0 Å². The molecular weight excluding hydrogens is 280 g/mol. The minimum absolute atomic E-state index is 0.0287. The summed E-state index contributed by atoms with van der Waals surface area (Å²) in [6.45, 7) is 3.45. The molecule has 0 saturated carbocycles. The van der Waals surface area contributed by atoms with Crippen molar-refractivity contribution in [3.8, 4) is 0 Å². The zero-order chi connectivity index (χ0) is 15.4. The Morgan fingerprint density at radius 1 is 1.23 bits per heavy atom. The largest absolute Gasteiger partial charge is 0.393 e. The van der Waals surface area contributed by atoms with Crippen LogP contribution in [0.1, 0.15) is 37.8 Å². The molecule has 3 aliphatic rings. The number of hydrogen-bond donors (Lipinski definition) is 2. The van der Waals surface area contributed by atoms with E-state index in [1.807, 2.05) is 17.6 Å². The van der Waals surface area contributed by atoms with Gasteiger partial charge in [0.15, 0.2) is 0 Å². The van der Waals surface area contributed by atoms with Gasteiger partial charge in [-0.2, -0.15) is 0 Å². The van der Waals surface area contributed by atoms with E-state index < -0.39 is 6.10 Å². The second kappa shape index (κ2) is 5.18. The highest BCUT2D eigenvalue weighted by Crippen LogP contribution is 2.43. The molecule has 0 radical (unpaired) electrons. The summed E-state index contributed by atoms with van der Waals surface area (Å²) in [5.41, 5.74) is 1.22. The Balaban J connectivity index is 1.72. The lowest BCUT2D eigenvalue weighted by molar-refractivity contribution is -0.0898. The Kier molecular flexibility index (Phi) is 3.40. The molecule has 2 bridgehead atoms. The van der Waals surface area contributed by atoms with Crippen LogP contribution in [0.25, 0.3) is 0 Å². The van der Waals surface area contributed by atoms with Crippen molar-refractivity contribution in [2.75, 3.05) is 6.54 Å². The number of piperidine rings is 2. The SMILES string of the molecule is C[C@@H](O)[C@@H]1C[C@H](O)C[C@@H]2[C@@H]3C[C@@H](CN21)c1cccc(=O)n1C3. The third-order valence-electron chi connectivity index (χ3n) is 5.92. The maximum atomic E-state index is 12.2. The molecule has 1 aromatic heterocycles. The Hall–Kier alpha value is -1.17. The highest BCUT2D eigenvalue weighted by atomic mass is 16.3. The minimum atomic E-state index is -0.436. The Morgan fingerprint density at radius 3 is 2.82 bits per heavy atom. The molecule has 120 valence electrons. The van der Waals surface area contributed by atoms with E-state index in [1.165, 1.54) is 0 Å². The van der Waals surface area contributed by atoms with Crippen LogP contribution in [0.15, 0.2) is 23.0 Å². The predicted octanol–water partition coefficient (Wildman–Crippen LogP) is 0.540. The topological polar surface area (TPSA) is 65.7 Å². The first-order valence-corrected chi connectivity index (χ1v) is 8.36. The van der Waals surface area contributed by atoms with E-state index in [-0.39, 0.29) is 23.7 Å². The summed E-state index contributed by atoms with van der Waals surface area (Å²) in [7, 11) is 0. The Morgan fingerprint density at radius 2 is 2.05 bits per heavy atom. The summed E-state index contributed by atoms with van der Waals surface area (Å²) in [5, 5.41) is 20.3. The molecule has 4 rings (SSSR count). The van der Waals surface area contributed by atoms with Crippen molar-refractivity contribution < 1.29 is 10.2 Å². The molecule has 6 atom stereocenters. The lowest BCUT2D eigenvalue weighted by Gasteiger charge is -2.55. The molecule has 1 aromatic rings. The van der Waals surface area contributed by atoms with E-state index in [0.29, 0.717) is 18.3 Å². The van der Waals surface area contributed by atoms with Crippen LogP contribution in [-0.4, -0.2) is 50.5 Å². The van der Waals surface area contributed by atoms with Crippen LogP contribution < -0.4 is 5.56 Å². The van der Waals surface area contributed by atoms with Gasteiger partial charge in [0.25, 0.3) is 5.56 Å². The van der Waals surface area contributed by atoms with Gasteiger partial charge in [0.05, 0.1) is 12.2 Å². The van der Waals surface area contributed by atoms with E-state index in [4.69, 9.17) is 0 Å². The van der Waals surface area contributed by atoms with E-state index >= 15 is 0 Å².